The van der Waals surface area contributed by atoms with Crippen LogP contribution < -0.4 is 25.5 Å². The summed E-state index contributed by atoms with van der Waals surface area (Å²) in [5.74, 6) is -0.956. The summed E-state index contributed by atoms with van der Waals surface area (Å²) in [5, 5.41) is 9.09. The second kappa shape index (κ2) is 13.8. The molecule has 3 rings (SSSR count). The van der Waals surface area contributed by atoms with Crippen molar-refractivity contribution in [2.24, 2.45) is 5.10 Å². The van der Waals surface area contributed by atoms with E-state index in [1.54, 1.807) is 54.6 Å². The summed E-state index contributed by atoms with van der Waals surface area (Å²) in [4.78, 5) is 36.3. The van der Waals surface area contributed by atoms with Gasteiger partial charge in [0.15, 0.2) is 6.61 Å². The first-order chi connectivity index (χ1) is 17.8. The number of amides is 3. The molecule has 0 saturated carbocycles. The van der Waals surface area contributed by atoms with Gasteiger partial charge in [0.25, 0.3) is 5.91 Å². The Balaban J connectivity index is 1.45. The van der Waals surface area contributed by atoms with Crippen LogP contribution in [0.1, 0.15) is 24.5 Å². The molecule has 192 valence electrons. The maximum absolute atomic E-state index is 12.2. The molecule has 0 heterocycles. The van der Waals surface area contributed by atoms with Crippen LogP contribution in [0.3, 0.4) is 0 Å². The van der Waals surface area contributed by atoms with Crippen LogP contribution in [0.5, 0.6) is 11.5 Å². The lowest BCUT2D eigenvalue weighted by atomic mass is 10.2. The average Bonchev–Trinajstić information content (AvgIpc) is 2.89. The molecule has 3 amide bonds. The highest BCUT2D eigenvalue weighted by molar-refractivity contribution is 9.10. The van der Waals surface area contributed by atoms with Crippen molar-refractivity contribution in [3.05, 3.63) is 82.3 Å². The van der Waals surface area contributed by atoms with E-state index < -0.39 is 11.8 Å². The molecular formula is C27H27BrN4O5. The van der Waals surface area contributed by atoms with E-state index in [0.29, 0.717) is 35.0 Å². The van der Waals surface area contributed by atoms with E-state index in [9.17, 15) is 14.4 Å². The first kappa shape index (κ1) is 27.4. The van der Waals surface area contributed by atoms with Gasteiger partial charge < -0.3 is 20.1 Å². The zero-order chi connectivity index (χ0) is 26.6. The van der Waals surface area contributed by atoms with Crippen molar-refractivity contribution in [3.8, 4) is 11.5 Å². The number of hydrogen-bond acceptors (Lipinski definition) is 6. The van der Waals surface area contributed by atoms with E-state index in [1.165, 1.54) is 6.21 Å². The van der Waals surface area contributed by atoms with E-state index in [1.807, 2.05) is 26.0 Å². The van der Waals surface area contributed by atoms with Crippen LogP contribution in [-0.4, -0.2) is 37.1 Å². The van der Waals surface area contributed by atoms with E-state index in [4.69, 9.17) is 9.47 Å². The number of carbonyl (C=O) groups excluding carboxylic acids is 3. The number of benzene rings is 3. The number of aryl methyl sites for hydroxylation is 1. The van der Waals surface area contributed by atoms with Gasteiger partial charge in [-0.05, 0) is 79.1 Å². The summed E-state index contributed by atoms with van der Waals surface area (Å²) in [6.45, 7) is 4.36. The minimum absolute atomic E-state index is 0.182. The van der Waals surface area contributed by atoms with Crippen LogP contribution in [0, 0.1) is 6.92 Å². The monoisotopic (exact) mass is 566 g/mol. The quantitative estimate of drug-likeness (QED) is 0.187. The molecule has 0 atom stereocenters. The van der Waals surface area contributed by atoms with Crippen LogP contribution in [0.4, 0.5) is 11.4 Å². The molecule has 37 heavy (non-hydrogen) atoms. The number of nitrogens with one attached hydrogen (secondary N) is 3. The van der Waals surface area contributed by atoms with E-state index in [-0.39, 0.29) is 12.5 Å². The lowest BCUT2D eigenvalue weighted by Crippen LogP contribution is -2.32. The molecule has 10 heteroatoms. The predicted molar refractivity (Wildman–Crippen MR) is 146 cm³/mol. The molecule has 0 spiro atoms. The molecule has 0 aliphatic carbocycles. The second-order valence-corrected chi connectivity index (χ2v) is 8.75. The zero-order valence-corrected chi connectivity index (χ0v) is 22.0. The van der Waals surface area contributed by atoms with Crippen molar-refractivity contribution < 1.29 is 23.9 Å². The van der Waals surface area contributed by atoms with Gasteiger partial charge in [0.2, 0.25) is 0 Å². The second-order valence-electron chi connectivity index (χ2n) is 7.90. The minimum Gasteiger partial charge on any atom is -0.494 e. The lowest BCUT2D eigenvalue weighted by Gasteiger charge is -2.09. The third-order valence-corrected chi connectivity index (χ3v) is 5.73. The molecule has 0 radical (unpaired) electrons. The molecule has 0 fully saturated rings. The van der Waals surface area contributed by atoms with Gasteiger partial charge in [-0.15, -0.1) is 0 Å². The molecule has 9 nitrogen and oxygen atoms in total. The molecule has 0 saturated heterocycles. The number of halogens is 1. The Morgan fingerprint density at radius 1 is 0.892 bits per heavy atom. The van der Waals surface area contributed by atoms with Crippen LogP contribution in [0.2, 0.25) is 0 Å². The fourth-order valence-electron chi connectivity index (χ4n) is 3.01. The van der Waals surface area contributed by atoms with Gasteiger partial charge in [-0.1, -0.05) is 35.0 Å². The SMILES string of the molecule is CCCOc1ccc(NC(=O)C(=O)N/N=C\c2cccc(OCC(=O)Nc3ccc(Br)c(C)c3)c2)cc1. The first-order valence-electron chi connectivity index (χ1n) is 11.5. The van der Waals surface area contributed by atoms with Crippen LogP contribution >= 0.6 is 15.9 Å². The van der Waals surface area contributed by atoms with Crippen LogP contribution in [0.15, 0.2) is 76.3 Å². The number of hydrazone groups is 1. The van der Waals surface area contributed by atoms with Gasteiger partial charge in [0.1, 0.15) is 11.5 Å². The number of carbonyl (C=O) groups is 3. The normalized spacial score (nSPS) is 10.6. The van der Waals surface area contributed by atoms with Gasteiger partial charge in [0.05, 0.1) is 12.8 Å². The summed E-state index contributed by atoms with van der Waals surface area (Å²) in [6.07, 6.45) is 2.25. The van der Waals surface area contributed by atoms with Crippen molar-refractivity contribution >= 4 is 51.2 Å². The summed E-state index contributed by atoms with van der Waals surface area (Å²) >= 11 is 3.42. The summed E-state index contributed by atoms with van der Waals surface area (Å²) in [6, 6.07) is 19.0. The molecule has 3 aromatic carbocycles. The minimum atomic E-state index is -0.921. The topological polar surface area (TPSA) is 118 Å². The predicted octanol–water partition coefficient (Wildman–Crippen LogP) is 4.65. The van der Waals surface area contributed by atoms with Crippen molar-refractivity contribution in [3.63, 3.8) is 0 Å². The molecule has 3 N–H and O–H groups in total. The summed E-state index contributed by atoms with van der Waals surface area (Å²) in [7, 11) is 0. The van der Waals surface area contributed by atoms with Gasteiger partial charge >= 0.3 is 11.8 Å². The van der Waals surface area contributed by atoms with Crippen LogP contribution in [-0.2, 0) is 14.4 Å². The molecule has 0 bridgehead atoms. The molecular weight excluding hydrogens is 540 g/mol. The van der Waals surface area contributed by atoms with E-state index in [2.05, 4.69) is 37.1 Å². The third kappa shape index (κ3) is 9.08. The van der Waals surface area contributed by atoms with Crippen molar-refractivity contribution in [2.45, 2.75) is 20.3 Å². The molecule has 0 aliphatic heterocycles. The summed E-state index contributed by atoms with van der Waals surface area (Å²) < 4.78 is 12.0. The van der Waals surface area contributed by atoms with Crippen molar-refractivity contribution in [2.75, 3.05) is 23.8 Å². The Kier molecular flexibility index (Phi) is 10.2. The number of nitrogens with zero attached hydrogens (tertiary/aromatic N) is 1. The maximum Gasteiger partial charge on any atom is 0.329 e. The Morgan fingerprint density at radius 2 is 1.65 bits per heavy atom. The Bertz CT molecular complexity index is 1280. The van der Waals surface area contributed by atoms with E-state index in [0.717, 1.165) is 16.5 Å². The smallest absolute Gasteiger partial charge is 0.329 e. The zero-order valence-electron chi connectivity index (χ0n) is 20.4. The van der Waals surface area contributed by atoms with Gasteiger partial charge in [0, 0.05) is 15.8 Å². The van der Waals surface area contributed by atoms with Crippen molar-refractivity contribution in [1.82, 2.24) is 5.43 Å². The van der Waals surface area contributed by atoms with E-state index >= 15 is 0 Å². The Hall–Kier alpha value is -4.18. The molecule has 0 aromatic heterocycles. The van der Waals surface area contributed by atoms with Gasteiger partial charge in [-0.2, -0.15) is 5.10 Å². The lowest BCUT2D eigenvalue weighted by molar-refractivity contribution is -0.136. The highest BCUT2D eigenvalue weighted by Gasteiger charge is 2.13. The van der Waals surface area contributed by atoms with Gasteiger partial charge in [-0.3, -0.25) is 14.4 Å². The number of anilines is 2. The Morgan fingerprint density at radius 3 is 2.38 bits per heavy atom. The number of rotatable bonds is 10. The third-order valence-electron chi connectivity index (χ3n) is 4.84. The fourth-order valence-corrected chi connectivity index (χ4v) is 3.26. The Labute approximate surface area is 223 Å². The molecule has 0 aliphatic rings. The maximum atomic E-state index is 12.2. The van der Waals surface area contributed by atoms with Gasteiger partial charge in [-0.25, -0.2) is 5.43 Å². The first-order valence-corrected chi connectivity index (χ1v) is 12.3. The summed E-state index contributed by atoms with van der Waals surface area (Å²) in [5.41, 5.74) is 4.91. The largest absolute Gasteiger partial charge is 0.494 e. The molecule has 3 aromatic rings. The fraction of sp³-hybridized carbons (Fsp3) is 0.185. The average molecular weight is 567 g/mol. The van der Waals surface area contributed by atoms with Crippen molar-refractivity contribution in [1.29, 1.82) is 0 Å². The highest BCUT2D eigenvalue weighted by atomic mass is 79.9. The molecule has 0 unspecified atom stereocenters. The standard InChI is InChI=1S/C27H27BrN4O5/c1-3-13-36-22-10-7-20(8-11-22)31-26(34)27(35)32-29-16-19-5-4-6-23(15-19)37-17-25(33)30-21-9-12-24(28)18(2)14-21/h4-12,14-16H,3,13,17H2,1-2H3,(H,30,33)(H,31,34)(H,32,35)/b29-16-. The number of hydrogen-bond donors (Lipinski definition) is 3. The highest BCUT2D eigenvalue weighted by Crippen LogP contribution is 2.20. The number of ether oxygens (including phenoxy) is 2. The van der Waals surface area contributed by atoms with Crippen LogP contribution in [0.25, 0.3) is 0 Å².